The van der Waals surface area contributed by atoms with E-state index in [0.717, 1.165) is 0 Å². The number of alkyl halides is 3. The molecule has 1 aliphatic heterocycles. The van der Waals surface area contributed by atoms with Gasteiger partial charge in [-0.3, -0.25) is 9.59 Å². The van der Waals surface area contributed by atoms with Gasteiger partial charge in [0, 0.05) is 19.0 Å². The summed E-state index contributed by atoms with van der Waals surface area (Å²) in [6.45, 7) is 1.98. The second-order valence-corrected chi connectivity index (χ2v) is 6.16. The number of ether oxygens (including phenoxy) is 1. The van der Waals surface area contributed by atoms with Crippen LogP contribution in [-0.2, 0) is 16.0 Å². The van der Waals surface area contributed by atoms with E-state index < -0.39 is 18.2 Å². The molecular weight excluding hydrogens is 339 g/mol. The summed E-state index contributed by atoms with van der Waals surface area (Å²) in [5.41, 5.74) is 0.285. The van der Waals surface area contributed by atoms with E-state index in [1.807, 2.05) is 6.92 Å². The minimum atomic E-state index is -4.80. The fraction of sp³-hybridized carbons (Fsp3) is 0.529. The highest BCUT2D eigenvalue weighted by Gasteiger charge is 2.33. The number of rotatable bonds is 5. The Bertz CT molecular complexity index is 633. The molecule has 1 saturated heterocycles. The van der Waals surface area contributed by atoms with E-state index in [4.69, 9.17) is 5.11 Å². The van der Waals surface area contributed by atoms with Crippen molar-refractivity contribution in [2.75, 3.05) is 6.54 Å². The summed E-state index contributed by atoms with van der Waals surface area (Å²) in [5.74, 6) is -2.12. The van der Waals surface area contributed by atoms with E-state index in [1.165, 1.54) is 23.1 Å². The number of carboxylic acid groups (broad SMARTS) is 1. The average Bonchev–Trinajstić information content (AvgIpc) is 2.52. The van der Waals surface area contributed by atoms with E-state index in [0.29, 0.717) is 12.8 Å². The number of halogens is 3. The van der Waals surface area contributed by atoms with Gasteiger partial charge in [-0.2, -0.15) is 0 Å². The van der Waals surface area contributed by atoms with Gasteiger partial charge in [0.1, 0.15) is 5.75 Å². The van der Waals surface area contributed by atoms with Crippen LogP contribution in [0.2, 0.25) is 0 Å². The first-order valence-corrected chi connectivity index (χ1v) is 8.03. The van der Waals surface area contributed by atoms with Gasteiger partial charge in [-0.25, -0.2) is 0 Å². The first-order chi connectivity index (χ1) is 11.7. The maximum absolute atomic E-state index is 12.4. The molecule has 0 aromatic heterocycles. The van der Waals surface area contributed by atoms with Crippen molar-refractivity contribution in [3.63, 3.8) is 0 Å². The number of nitrogens with zero attached hydrogens (tertiary/aromatic N) is 1. The van der Waals surface area contributed by atoms with Gasteiger partial charge in [0.05, 0.1) is 5.92 Å². The number of para-hydroxylation sites is 1. The second kappa shape index (κ2) is 7.76. The van der Waals surface area contributed by atoms with Crippen LogP contribution in [0.3, 0.4) is 0 Å². The number of carbonyl (C=O) groups excluding carboxylic acids is 1. The molecule has 0 bridgehead atoms. The molecule has 1 amide bonds. The highest BCUT2D eigenvalue weighted by Crippen LogP contribution is 2.28. The number of carbonyl (C=O) groups is 2. The summed E-state index contributed by atoms with van der Waals surface area (Å²) in [5, 5.41) is 9.12. The van der Waals surface area contributed by atoms with Crippen molar-refractivity contribution in [1.82, 2.24) is 4.90 Å². The molecule has 8 heteroatoms. The van der Waals surface area contributed by atoms with E-state index in [2.05, 4.69) is 4.74 Å². The van der Waals surface area contributed by atoms with Crippen LogP contribution in [-0.4, -0.2) is 40.8 Å². The van der Waals surface area contributed by atoms with Crippen LogP contribution in [0, 0.1) is 5.92 Å². The third-order valence-corrected chi connectivity index (χ3v) is 4.36. The minimum Gasteiger partial charge on any atom is -0.481 e. The van der Waals surface area contributed by atoms with Crippen molar-refractivity contribution in [3.05, 3.63) is 29.8 Å². The van der Waals surface area contributed by atoms with E-state index in [9.17, 15) is 22.8 Å². The predicted molar refractivity (Wildman–Crippen MR) is 83.0 cm³/mol. The predicted octanol–water partition coefficient (Wildman–Crippen LogP) is 3.23. The number of benzene rings is 1. The second-order valence-electron chi connectivity index (χ2n) is 6.16. The molecule has 0 aliphatic carbocycles. The van der Waals surface area contributed by atoms with Crippen molar-refractivity contribution in [3.8, 4) is 5.75 Å². The lowest BCUT2D eigenvalue weighted by Crippen LogP contribution is -2.47. The zero-order valence-corrected chi connectivity index (χ0v) is 13.8. The fourth-order valence-corrected chi connectivity index (χ4v) is 2.98. The Morgan fingerprint density at radius 3 is 2.60 bits per heavy atom. The largest absolute Gasteiger partial charge is 0.573 e. The summed E-state index contributed by atoms with van der Waals surface area (Å²) in [4.78, 5) is 25.1. The van der Waals surface area contributed by atoms with Gasteiger partial charge in [-0.05, 0) is 37.8 Å². The van der Waals surface area contributed by atoms with E-state index in [-0.39, 0.29) is 42.6 Å². The molecule has 0 saturated carbocycles. The smallest absolute Gasteiger partial charge is 0.481 e. The Labute approximate surface area is 143 Å². The monoisotopic (exact) mass is 359 g/mol. The molecule has 5 nitrogen and oxygen atoms in total. The molecule has 0 spiro atoms. The van der Waals surface area contributed by atoms with Gasteiger partial charge in [0.15, 0.2) is 0 Å². The molecule has 25 heavy (non-hydrogen) atoms. The van der Waals surface area contributed by atoms with Gasteiger partial charge in [-0.15, -0.1) is 13.2 Å². The lowest BCUT2D eigenvalue weighted by atomic mass is 9.93. The first kappa shape index (κ1) is 19.1. The molecule has 1 N–H and O–H groups in total. The Hall–Kier alpha value is -2.25. The number of hydrogen-bond donors (Lipinski definition) is 1. The van der Waals surface area contributed by atoms with Crippen molar-refractivity contribution >= 4 is 11.9 Å². The van der Waals surface area contributed by atoms with Crippen LogP contribution < -0.4 is 4.74 Å². The van der Waals surface area contributed by atoms with Crippen LogP contribution in [0.5, 0.6) is 5.75 Å². The number of aliphatic carboxylic acids is 1. The van der Waals surface area contributed by atoms with Gasteiger partial charge in [0.25, 0.3) is 0 Å². The highest BCUT2D eigenvalue weighted by atomic mass is 19.4. The van der Waals surface area contributed by atoms with Crippen LogP contribution in [0.1, 0.15) is 31.7 Å². The van der Waals surface area contributed by atoms with Crippen molar-refractivity contribution in [2.45, 2.75) is 45.0 Å². The number of hydrogen-bond acceptors (Lipinski definition) is 3. The molecule has 2 atom stereocenters. The Morgan fingerprint density at radius 1 is 1.28 bits per heavy atom. The number of amides is 1. The molecule has 2 unspecified atom stereocenters. The molecule has 1 aliphatic rings. The van der Waals surface area contributed by atoms with Crippen LogP contribution >= 0.6 is 0 Å². The third kappa shape index (κ3) is 5.37. The van der Waals surface area contributed by atoms with Crippen LogP contribution in [0.15, 0.2) is 24.3 Å². The summed E-state index contributed by atoms with van der Waals surface area (Å²) in [7, 11) is 0. The summed E-state index contributed by atoms with van der Waals surface area (Å²) >= 11 is 0. The summed E-state index contributed by atoms with van der Waals surface area (Å²) in [6, 6.07) is 5.61. The first-order valence-electron chi connectivity index (χ1n) is 8.03. The molecule has 2 rings (SSSR count). The number of carboxylic acids is 1. The lowest BCUT2D eigenvalue weighted by Gasteiger charge is -2.36. The molecule has 1 aromatic rings. The van der Waals surface area contributed by atoms with Gasteiger partial charge >= 0.3 is 12.3 Å². The quantitative estimate of drug-likeness (QED) is 0.877. The van der Waals surface area contributed by atoms with E-state index >= 15 is 0 Å². The zero-order valence-electron chi connectivity index (χ0n) is 13.8. The molecule has 0 radical (unpaired) electrons. The number of piperidine rings is 1. The molecule has 1 aromatic carbocycles. The standard InChI is InChI=1S/C17H20F3NO4/c1-11-6-7-13(16(23)24)10-21(11)15(22)9-8-12-4-2-3-5-14(12)25-17(18,19)20/h2-5,11,13H,6-10H2,1H3,(H,23,24). The third-order valence-electron chi connectivity index (χ3n) is 4.36. The van der Waals surface area contributed by atoms with E-state index in [1.54, 1.807) is 6.07 Å². The normalized spacial score (nSPS) is 21.0. The molecule has 138 valence electrons. The maximum Gasteiger partial charge on any atom is 0.573 e. The summed E-state index contributed by atoms with van der Waals surface area (Å²) in [6.07, 6.45) is -3.60. The van der Waals surface area contributed by atoms with Crippen molar-refractivity contribution < 1.29 is 32.6 Å². The van der Waals surface area contributed by atoms with Crippen LogP contribution in [0.4, 0.5) is 13.2 Å². The summed E-state index contributed by atoms with van der Waals surface area (Å²) < 4.78 is 41.3. The highest BCUT2D eigenvalue weighted by molar-refractivity contribution is 5.78. The van der Waals surface area contributed by atoms with Crippen LogP contribution in [0.25, 0.3) is 0 Å². The maximum atomic E-state index is 12.4. The molecule has 1 fully saturated rings. The van der Waals surface area contributed by atoms with Gasteiger partial charge < -0.3 is 14.7 Å². The fourth-order valence-electron chi connectivity index (χ4n) is 2.98. The minimum absolute atomic E-state index is 0.00505. The average molecular weight is 359 g/mol. The SMILES string of the molecule is CC1CCC(C(=O)O)CN1C(=O)CCc1ccccc1OC(F)(F)F. The van der Waals surface area contributed by atoms with Crippen molar-refractivity contribution in [2.24, 2.45) is 5.92 Å². The Kier molecular flexibility index (Phi) is 5.92. The lowest BCUT2D eigenvalue weighted by molar-refractivity contribution is -0.274. The Morgan fingerprint density at radius 2 is 1.96 bits per heavy atom. The molecule has 1 heterocycles. The van der Waals surface area contributed by atoms with Crippen molar-refractivity contribution in [1.29, 1.82) is 0 Å². The zero-order chi connectivity index (χ0) is 18.6. The Balaban J connectivity index is 2.01. The number of aryl methyl sites for hydroxylation is 1. The topological polar surface area (TPSA) is 66.8 Å². The van der Waals surface area contributed by atoms with Gasteiger partial charge in [0.2, 0.25) is 5.91 Å². The van der Waals surface area contributed by atoms with Gasteiger partial charge in [-0.1, -0.05) is 18.2 Å². The molecular formula is C17H20F3NO4. The number of likely N-dealkylation sites (tertiary alicyclic amines) is 1.